The summed E-state index contributed by atoms with van der Waals surface area (Å²) in [6, 6.07) is 5.28. The number of nitrogens with zero attached hydrogens (tertiary/aromatic N) is 2. The first-order chi connectivity index (χ1) is 8.86. The lowest BCUT2D eigenvalue weighted by atomic mass is 10.1. The average Bonchev–Trinajstić information content (AvgIpc) is 2.37. The van der Waals surface area contributed by atoms with Gasteiger partial charge in [-0.3, -0.25) is 0 Å². The van der Waals surface area contributed by atoms with Crippen molar-refractivity contribution in [3.8, 4) is 0 Å². The van der Waals surface area contributed by atoms with E-state index in [2.05, 4.69) is 0 Å². The van der Waals surface area contributed by atoms with E-state index < -0.39 is 5.97 Å². The van der Waals surface area contributed by atoms with Gasteiger partial charge in [0.25, 0.3) is 0 Å². The van der Waals surface area contributed by atoms with Gasteiger partial charge in [-0.25, -0.2) is 4.79 Å². The highest BCUT2D eigenvalue weighted by Crippen LogP contribution is 2.30. The number of anilines is 2. The standard InChI is InChI=1S/C11H16N2O2.C2H6O2/c1-12(2)9-7-5-6-8(11(14)15)10(9)13(3)4;3-1-2-4/h5-7H,1-4H3,(H,14,15);3-4H,1-2H2. The van der Waals surface area contributed by atoms with Gasteiger partial charge < -0.3 is 25.1 Å². The Morgan fingerprint density at radius 2 is 1.58 bits per heavy atom. The second kappa shape index (κ2) is 8.34. The Morgan fingerprint density at radius 3 is 1.89 bits per heavy atom. The van der Waals surface area contributed by atoms with Crippen molar-refractivity contribution in [2.75, 3.05) is 51.2 Å². The molecule has 6 heteroatoms. The summed E-state index contributed by atoms with van der Waals surface area (Å²) in [4.78, 5) is 14.8. The molecule has 0 radical (unpaired) electrons. The Morgan fingerprint density at radius 1 is 1.05 bits per heavy atom. The van der Waals surface area contributed by atoms with Gasteiger partial charge in [0.15, 0.2) is 0 Å². The van der Waals surface area contributed by atoms with Crippen LogP contribution in [-0.2, 0) is 0 Å². The molecule has 0 aliphatic carbocycles. The average molecular weight is 270 g/mol. The molecule has 0 aliphatic heterocycles. The summed E-state index contributed by atoms with van der Waals surface area (Å²) < 4.78 is 0. The summed E-state index contributed by atoms with van der Waals surface area (Å²) in [5, 5.41) is 24.3. The first-order valence-corrected chi connectivity index (χ1v) is 5.79. The summed E-state index contributed by atoms with van der Waals surface area (Å²) >= 11 is 0. The summed E-state index contributed by atoms with van der Waals surface area (Å²) in [5.74, 6) is -0.901. The van der Waals surface area contributed by atoms with Gasteiger partial charge in [0, 0.05) is 28.2 Å². The van der Waals surface area contributed by atoms with Crippen LogP contribution in [0.2, 0.25) is 0 Å². The van der Waals surface area contributed by atoms with Crippen molar-refractivity contribution >= 4 is 17.3 Å². The molecule has 19 heavy (non-hydrogen) atoms. The lowest BCUT2D eigenvalue weighted by molar-refractivity contribution is 0.0697. The summed E-state index contributed by atoms with van der Waals surface area (Å²) in [6.45, 7) is -0.250. The monoisotopic (exact) mass is 270 g/mol. The Hall–Kier alpha value is -1.79. The minimum Gasteiger partial charge on any atom is -0.478 e. The van der Waals surface area contributed by atoms with Crippen LogP contribution in [0.25, 0.3) is 0 Å². The lowest BCUT2D eigenvalue weighted by Gasteiger charge is -2.24. The highest BCUT2D eigenvalue weighted by Gasteiger charge is 2.16. The fourth-order valence-corrected chi connectivity index (χ4v) is 1.53. The molecule has 0 fully saturated rings. The molecule has 1 rings (SSSR count). The zero-order valence-corrected chi connectivity index (χ0v) is 11.8. The zero-order chi connectivity index (χ0) is 15.0. The molecule has 0 bridgehead atoms. The Bertz CT molecular complexity index is 404. The molecule has 0 spiro atoms. The summed E-state index contributed by atoms with van der Waals surface area (Å²) in [7, 11) is 7.48. The number of aromatic carboxylic acids is 1. The molecule has 6 nitrogen and oxygen atoms in total. The van der Waals surface area contributed by atoms with E-state index in [-0.39, 0.29) is 13.2 Å². The van der Waals surface area contributed by atoms with Crippen molar-refractivity contribution in [1.29, 1.82) is 0 Å². The molecule has 0 saturated carbocycles. The molecule has 0 atom stereocenters. The zero-order valence-electron chi connectivity index (χ0n) is 11.8. The van der Waals surface area contributed by atoms with Gasteiger partial charge in [-0.2, -0.15) is 0 Å². The molecule has 0 amide bonds. The van der Waals surface area contributed by atoms with Crippen molar-refractivity contribution < 1.29 is 20.1 Å². The Labute approximate surface area is 113 Å². The quantitative estimate of drug-likeness (QED) is 0.738. The minimum atomic E-state index is -0.901. The van der Waals surface area contributed by atoms with Crippen LogP contribution in [0.3, 0.4) is 0 Å². The SMILES string of the molecule is CN(C)c1cccc(C(=O)O)c1N(C)C.OCCO. The number of hydrogen-bond acceptors (Lipinski definition) is 5. The molecule has 108 valence electrons. The summed E-state index contributed by atoms with van der Waals surface area (Å²) in [6.07, 6.45) is 0. The third-order valence-corrected chi connectivity index (χ3v) is 2.27. The number of para-hydroxylation sites is 1. The van der Waals surface area contributed by atoms with Crippen LogP contribution >= 0.6 is 0 Å². The molecule has 1 aromatic rings. The van der Waals surface area contributed by atoms with Crippen molar-refractivity contribution in [3.05, 3.63) is 23.8 Å². The number of carbonyl (C=O) groups is 1. The van der Waals surface area contributed by atoms with E-state index in [4.69, 9.17) is 15.3 Å². The van der Waals surface area contributed by atoms with Gasteiger partial charge in [-0.1, -0.05) is 6.07 Å². The Kier molecular flexibility index (Phi) is 7.55. The summed E-state index contributed by atoms with van der Waals surface area (Å²) in [5.41, 5.74) is 1.96. The van der Waals surface area contributed by atoms with Crippen molar-refractivity contribution in [2.24, 2.45) is 0 Å². The minimum absolute atomic E-state index is 0.125. The maximum Gasteiger partial charge on any atom is 0.337 e. The fourth-order valence-electron chi connectivity index (χ4n) is 1.53. The normalized spacial score (nSPS) is 9.37. The lowest BCUT2D eigenvalue weighted by Crippen LogP contribution is -2.19. The third-order valence-electron chi connectivity index (χ3n) is 2.27. The van der Waals surface area contributed by atoms with Gasteiger partial charge in [0.2, 0.25) is 0 Å². The molecule has 0 unspecified atom stereocenters. The van der Waals surface area contributed by atoms with Crippen LogP contribution in [0.15, 0.2) is 18.2 Å². The molecule has 3 N–H and O–H groups in total. The molecular weight excluding hydrogens is 248 g/mol. The molecule has 0 aromatic heterocycles. The van der Waals surface area contributed by atoms with Crippen LogP contribution in [0.5, 0.6) is 0 Å². The molecule has 0 heterocycles. The maximum absolute atomic E-state index is 11.1. The fraction of sp³-hybridized carbons (Fsp3) is 0.462. The van der Waals surface area contributed by atoms with Crippen molar-refractivity contribution in [2.45, 2.75) is 0 Å². The van der Waals surface area contributed by atoms with Crippen LogP contribution in [0.4, 0.5) is 11.4 Å². The number of aliphatic hydroxyl groups is 2. The Balaban J connectivity index is 0.000000711. The van der Waals surface area contributed by atoms with Crippen molar-refractivity contribution in [3.63, 3.8) is 0 Å². The maximum atomic E-state index is 11.1. The highest BCUT2D eigenvalue weighted by molar-refractivity contribution is 5.98. The number of carboxylic acids is 1. The second-order valence-electron chi connectivity index (χ2n) is 4.21. The number of benzene rings is 1. The predicted octanol–water partition coefficient (Wildman–Crippen LogP) is 0.488. The number of hydrogen-bond donors (Lipinski definition) is 3. The molecule has 0 aliphatic rings. The largest absolute Gasteiger partial charge is 0.478 e. The van der Waals surface area contributed by atoms with E-state index >= 15 is 0 Å². The second-order valence-corrected chi connectivity index (χ2v) is 4.21. The topological polar surface area (TPSA) is 84.2 Å². The first-order valence-electron chi connectivity index (χ1n) is 5.79. The van der Waals surface area contributed by atoms with E-state index in [9.17, 15) is 4.79 Å². The van der Waals surface area contributed by atoms with Gasteiger partial charge in [-0.05, 0) is 12.1 Å². The smallest absolute Gasteiger partial charge is 0.337 e. The van der Waals surface area contributed by atoms with Crippen LogP contribution in [0.1, 0.15) is 10.4 Å². The van der Waals surface area contributed by atoms with E-state index in [1.165, 1.54) is 0 Å². The molecule has 1 aromatic carbocycles. The first kappa shape index (κ1) is 17.2. The van der Waals surface area contributed by atoms with E-state index in [0.29, 0.717) is 5.56 Å². The van der Waals surface area contributed by atoms with Gasteiger partial charge in [-0.15, -0.1) is 0 Å². The van der Waals surface area contributed by atoms with Gasteiger partial charge in [0.1, 0.15) is 0 Å². The number of rotatable bonds is 4. The van der Waals surface area contributed by atoms with Crippen molar-refractivity contribution in [1.82, 2.24) is 0 Å². The molecular formula is C13H22N2O4. The third kappa shape index (κ3) is 5.15. The van der Waals surface area contributed by atoms with E-state index in [1.807, 2.05) is 44.1 Å². The van der Waals surface area contributed by atoms with Gasteiger partial charge in [0.05, 0.1) is 30.2 Å². The van der Waals surface area contributed by atoms with Gasteiger partial charge >= 0.3 is 5.97 Å². The number of aliphatic hydroxyl groups excluding tert-OH is 2. The van der Waals surface area contributed by atoms with Crippen LogP contribution < -0.4 is 9.80 Å². The van der Waals surface area contributed by atoms with Crippen LogP contribution in [0, 0.1) is 0 Å². The van der Waals surface area contributed by atoms with E-state index in [0.717, 1.165) is 11.4 Å². The molecule has 0 saturated heterocycles. The van der Waals surface area contributed by atoms with Crippen LogP contribution in [-0.4, -0.2) is 62.7 Å². The predicted molar refractivity (Wildman–Crippen MR) is 76.2 cm³/mol. The number of carboxylic acid groups (broad SMARTS) is 1. The van der Waals surface area contributed by atoms with E-state index in [1.54, 1.807) is 12.1 Å². The highest BCUT2D eigenvalue weighted by atomic mass is 16.4.